The van der Waals surface area contributed by atoms with Crippen molar-refractivity contribution in [2.24, 2.45) is 4.99 Å². The first-order valence-electron chi connectivity index (χ1n) is 8.29. The number of methoxy groups -OCH3 is 1. The van der Waals surface area contributed by atoms with Crippen LogP contribution in [0.3, 0.4) is 0 Å². The molecule has 2 aromatic carbocycles. The molecule has 0 bridgehead atoms. The molecule has 130 valence electrons. The van der Waals surface area contributed by atoms with Crippen LogP contribution in [0.1, 0.15) is 23.2 Å². The summed E-state index contributed by atoms with van der Waals surface area (Å²) in [5, 5.41) is 1.98. The average Bonchev–Trinajstić information content (AvgIpc) is 3.06. The standard InChI is InChI=1S/C19H20IN2O3/c1-20-11-25-18-9-13-7-16-15(6-12(13)8-17(18)24-2)19(23)22-5-3-4-14(22)10-21-16/h6-10,14H,3-5,11H2,1-2H3/q+1. The second-order valence-electron chi connectivity index (χ2n) is 6.23. The molecule has 0 aliphatic carbocycles. The normalized spacial score (nSPS) is 18.9. The number of halogens is 1. The highest BCUT2D eigenvalue weighted by Gasteiger charge is 2.31. The van der Waals surface area contributed by atoms with Crippen molar-refractivity contribution >= 4 is 28.6 Å². The minimum atomic E-state index is 0.0437. The van der Waals surface area contributed by atoms with Crippen LogP contribution in [0.25, 0.3) is 10.8 Å². The van der Waals surface area contributed by atoms with E-state index in [0.29, 0.717) is 11.3 Å². The van der Waals surface area contributed by atoms with Crippen molar-refractivity contribution in [1.82, 2.24) is 4.90 Å². The summed E-state index contributed by atoms with van der Waals surface area (Å²) in [6, 6.07) is 7.98. The molecule has 1 amide bonds. The Morgan fingerprint density at radius 2 is 2.04 bits per heavy atom. The third-order valence-corrected chi connectivity index (χ3v) is 5.67. The van der Waals surface area contributed by atoms with Crippen molar-refractivity contribution in [3.05, 3.63) is 29.8 Å². The molecule has 5 nitrogen and oxygen atoms in total. The summed E-state index contributed by atoms with van der Waals surface area (Å²) in [7, 11) is 1.64. The topological polar surface area (TPSA) is 51.1 Å². The molecule has 25 heavy (non-hydrogen) atoms. The molecule has 0 radical (unpaired) electrons. The van der Waals surface area contributed by atoms with Crippen LogP contribution in [0.5, 0.6) is 11.5 Å². The van der Waals surface area contributed by atoms with Gasteiger partial charge in [0.2, 0.25) is 0 Å². The van der Waals surface area contributed by atoms with Gasteiger partial charge in [0.05, 0.1) is 24.4 Å². The zero-order valence-electron chi connectivity index (χ0n) is 14.3. The minimum absolute atomic E-state index is 0.0437. The first-order chi connectivity index (χ1) is 12.2. The van der Waals surface area contributed by atoms with Gasteiger partial charge in [0, 0.05) is 12.8 Å². The number of rotatable bonds is 4. The van der Waals surface area contributed by atoms with E-state index in [1.807, 2.05) is 35.4 Å². The number of hydrogen-bond donors (Lipinski definition) is 0. The summed E-state index contributed by atoms with van der Waals surface area (Å²) in [6.45, 7) is 0.809. The van der Waals surface area contributed by atoms with E-state index in [-0.39, 0.29) is 33.2 Å². The monoisotopic (exact) mass is 451 g/mol. The van der Waals surface area contributed by atoms with Crippen LogP contribution in [0, 0.1) is 0 Å². The fourth-order valence-electron chi connectivity index (χ4n) is 3.48. The van der Waals surface area contributed by atoms with Crippen molar-refractivity contribution in [2.75, 3.05) is 23.2 Å². The van der Waals surface area contributed by atoms with Gasteiger partial charge in [-0.2, -0.15) is 0 Å². The van der Waals surface area contributed by atoms with Gasteiger partial charge in [-0.15, -0.1) is 0 Å². The molecule has 4 rings (SSSR count). The van der Waals surface area contributed by atoms with Gasteiger partial charge in [-0.1, -0.05) is 0 Å². The Morgan fingerprint density at radius 1 is 1.24 bits per heavy atom. The maximum atomic E-state index is 12.9. The van der Waals surface area contributed by atoms with Crippen LogP contribution < -0.4 is 30.7 Å². The molecule has 2 aliphatic heterocycles. The van der Waals surface area contributed by atoms with E-state index in [0.717, 1.165) is 46.2 Å². The quantitative estimate of drug-likeness (QED) is 0.494. The highest BCUT2D eigenvalue weighted by molar-refractivity contribution is 6.07. The van der Waals surface area contributed by atoms with Crippen molar-refractivity contribution < 1.29 is 35.5 Å². The van der Waals surface area contributed by atoms with E-state index in [4.69, 9.17) is 9.47 Å². The molecule has 2 aliphatic rings. The number of hydrogen-bond acceptors (Lipinski definition) is 4. The van der Waals surface area contributed by atoms with E-state index in [2.05, 4.69) is 9.92 Å². The van der Waals surface area contributed by atoms with Crippen molar-refractivity contribution in [3.63, 3.8) is 0 Å². The van der Waals surface area contributed by atoms with E-state index in [1.54, 1.807) is 7.11 Å². The molecule has 1 atom stereocenters. The smallest absolute Gasteiger partial charge is 0.310 e. The van der Waals surface area contributed by atoms with Crippen LogP contribution in [-0.4, -0.2) is 46.3 Å². The molecule has 0 saturated carbocycles. The number of carbonyl (C=O) groups excluding carboxylic acids is 1. The van der Waals surface area contributed by atoms with Gasteiger partial charge >= 0.3 is 21.2 Å². The lowest BCUT2D eigenvalue weighted by Gasteiger charge is -2.20. The molecule has 1 unspecified atom stereocenters. The number of benzene rings is 2. The number of aliphatic imine (C=N–C) groups is 1. The fourth-order valence-corrected chi connectivity index (χ4v) is 4.13. The zero-order valence-corrected chi connectivity index (χ0v) is 16.4. The highest BCUT2D eigenvalue weighted by Crippen LogP contribution is 2.37. The van der Waals surface area contributed by atoms with Gasteiger partial charge in [-0.05, 0) is 47.9 Å². The van der Waals surface area contributed by atoms with Crippen LogP contribution in [0.15, 0.2) is 29.3 Å². The lowest BCUT2D eigenvalue weighted by Crippen LogP contribution is -3.61. The summed E-state index contributed by atoms with van der Waals surface area (Å²) in [4.78, 5) is 21.6. The van der Waals surface area contributed by atoms with Gasteiger partial charge < -0.3 is 14.4 Å². The molecule has 0 aromatic heterocycles. The minimum Gasteiger partial charge on any atom is -0.493 e. The van der Waals surface area contributed by atoms with E-state index in [9.17, 15) is 4.79 Å². The molecule has 1 saturated heterocycles. The molecule has 2 heterocycles. The first-order valence-corrected chi connectivity index (χ1v) is 12.0. The summed E-state index contributed by atoms with van der Waals surface area (Å²) in [6.07, 6.45) is 3.96. The van der Waals surface area contributed by atoms with Gasteiger partial charge in [0.25, 0.3) is 10.5 Å². The SMILES string of the molecule is COc1cc2cc3c(cc2cc1OC[I+]C)N=CC1CCCN1C3=O. The Bertz CT molecular complexity index is 865. The first kappa shape index (κ1) is 16.6. The Balaban J connectivity index is 1.83. The third kappa shape index (κ3) is 2.96. The van der Waals surface area contributed by atoms with E-state index in [1.165, 1.54) is 0 Å². The number of carbonyl (C=O) groups is 1. The fraction of sp³-hybridized carbons (Fsp3) is 0.368. The Hall–Kier alpha value is -1.83. The molecular weight excluding hydrogens is 431 g/mol. The zero-order chi connectivity index (χ0) is 17.4. The highest BCUT2D eigenvalue weighted by atomic mass is 127. The van der Waals surface area contributed by atoms with Gasteiger partial charge in [0.1, 0.15) is 4.93 Å². The number of fused-ring (bicyclic) bond motifs is 3. The number of nitrogens with zero attached hydrogens (tertiary/aromatic N) is 2. The predicted molar refractivity (Wildman–Crippen MR) is 94.1 cm³/mol. The van der Waals surface area contributed by atoms with Crippen molar-refractivity contribution in [1.29, 1.82) is 0 Å². The molecule has 2 aromatic rings. The average molecular weight is 451 g/mol. The lowest BCUT2D eigenvalue weighted by molar-refractivity contribution is -0.653. The number of amides is 1. The summed E-state index contributed by atoms with van der Waals surface area (Å²) in [5.41, 5.74) is 1.41. The van der Waals surface area contributed by atoms with Gasteiger partial charge in [0.15, 0.2) is 11.5 Å². The maximum absolute atomic E-state index is 12.9. The van der Waals surface area contributed by atoms with Crippen LogP contribution in [0.2, 0.25) is 0 Å². The molecule has 0 N–H and O–H groups in total. The lowest BCUT2D eigenvalue weighted by atomic mass is 10.0. The maximum Gasteiger partial charge on any atom is 0.310 e. The number of alkyl halides is 2. The van der Waals surface area contributed by atoms with E-state index >= 15 is 0 Å². The molecule has 1 fully saturated rings. The largest absolute Gasteiger partial charge is 0.493 e. The second kappa shape index (κ2) is 6.82. The van der Waals surface area contributed by atoms with E-state index < -0.39 is 0 Å². The van der Waals surface area contributed by atoms with Gasteiger partial charge in [-0.3, -0.25) is 9.79 Å². The molecule has 0 spiro atoms. The third-order valence-electron chi connectivity index (χ3n) is 4.73. The van der Waals surface area contributed by atoms with Gasteiger partial charge in [-0.25, -0.2) is 0 Å². The van der Waals surface area contributed by atoms with Crippen molar-refractivity contribution in [2.45, 2.75) is 18.9 Å². The predicted octanol–water partition coefficient (Wildman–Crippen LogP) is 0.224. The Kier molecular flexibility index (Phi) is 4.54. The number of ether oxygens (including phenoxy) is 2. The Labute approximate surface area is 157 Å². The Morgan fingerprint density at radius 3 is 2.84 bits per heavy atom. The van der Waals surface area contributed by atoms with Crippen molar-refractivity contribution in [3.8, 4) is 11.5 Å². The van der Waals surface area contributed by atoms with Crippen LogP contribution in [-0.2, 0) is 0 Å². The molecular formula is C19H20IN2O3+. The summed E-state index contributed by atoms with van der Waals surface area (Å²) >= 11 is 0.0437. The van der Waals surface area contributed by atoms with Crippen LogP contribution >= 0.6 is 0 Å². The summed E-state index contributed by atoms with van der Waals surface area (Å²) < 4.78 is 12.1. The summed E-state index contributed by atoms with van der Waals surface area (Å²) in [5.74, 6) is 1.53. The second-order valence-corrected chi connectivity index (χ2v) is 8.37. The molecule has 6 heteroatoms. The van der Waals surface area contributed by atoms with Crippen LogP contribution in [0.4, 0.5) is 5.69 Å².